The summed E-state index contributed by atoms with van der Waals surface area (Å²) in [5, 5.41) is 0.579. The minimum atomic E-state index is -0.150. The zero-order chi connectivity index (χ0) is 16.2. The van der Waals surface area contributed by atoms with E-state index in [4.69, 9.17) is 9.47 Å². The molecule has 5 nitrogen and oxygen atoms in total. The van der Waals surface area contributed by atoms with Gasteiger partial charge in [-0.2, -0.15) is 0 Å². The molecule has 3 rings (SSSR count). The third-order valence-electron chi connectivity index (χ3n) is 3.47. The molecule has 0 fully saturated rings. The second kappa shape index (κ2) is 6.36. The highest BCUT2D eigenvalue weighted by atomic mass is 16.5. The molecule has 0 aliphatic heterocycles. The standard InChI is InChI=1S/C18H16N2O3/c1-22-15-9-7-12(11-16(15)23-2)8-10-17-19-14-6-4-3-5-13(14)18(21)20-17/h3-11H,1-2H3,(H,19,20,21). The molecule has 0 aliphatic rings. The first-order chi connectivity index (χ1) is 11.2. The molecule has 0 saturated heterocycles. The maximum absolute atomic E-state index is 12.0. The van der Waals surface area contributed by atoms with Crippen molar-refractivity contribution in [3.05, 3.63) is 64.2 Å². The molecule has 0 unspecified atom stereocenters. The predicted molar refractivity (Wildman–Crippen MR) is 90.8 cm³/mol. The molecule has 0 radical (unpaired) electrons. The Bertz CT molecular complexity index is 929. The van der Waals surface area contributed by atoms with Crippen LogP contribution in [0.15, 0.2) is 47.3 Å². The molecule has 23 heavy (non-hydrogen) atoms. The highest BCUT2D eigenvalue weighted by Gasteiger charge is 2.03. The van der Waals surface area contributed by atoms with Crippen molar-refractivity contribution in [3.8, 4) is 11.5 Å². The molecule has 0 atom stereocenters. The second-order valence-electron chi connectivity index (χ2n) is 4.92. The van der Waals surface area contributed by atoms with Crippen molar-refractivity contribution >= 4 is 23.1 Å². The molecule has 0 aliphatic carbocycles. The molecule has 2 aromatic carbocycles. The molecule has 0 amide bonds. The summed E-state index contributed by atoms with van der Waals surface area (Å²) in [5.41, 5.74) is 1.43. The van der Waals surface area contributed by atoms with E-state index in [1.807, 2.05) is 42.5 Å². The summed E-state index contributed by atoms with van der Waals surface area (Å²) in [6.45, 7) is 0. The highest BCUT2D eigenvalue weighted by molar-refractivity contribution is 5.79. The Morgan fingerprint density at radius 1 is 1.00 bits per heavy atom. The predicted octanol–water partition coefficient (Wildman–Crippen LogP) is 3.11. The molecule has 1 heterocycles. The van der Waals surface area contributed by atoms with Crippen LogP contribution in [0.2, 0.25) is 0 Å². The molecule has 0 spiro atoms. The van der Waals surface area contributed by atoms with Gasteiger partial charge in [0.15, 0.2) is 11.5 Å². The van der Waals surface area contributed by atoms with Crippen molar-refractivity contribution in [3.63, 3.8) is 0 Å². The van der Waals surface area contributed by atoms with Gasteiger partial charge in [0.2, 0.25) is 0 Å². The number of rotatable bonds is 4. The normalized spacial score (nSPS) is 11.0. The van der Waals surface area contributed by atoms with Crippen molar-refractivity contribution in [1.29, 1.82) is 0 Å². The number of para-hydroxylation sites is 1. The smallest absolute Gasteiger partial charge is 0.259 e. The lowest BCUT2D eigenvalue weighted by atomic mass is 10.2. The number of methoxy groups -OCH3 is 2. The van der Waals surface area contributed by atoms with Crippen LogP contribution in [0.4, 0.5) is 0 Å². The minimum Gasteiger partial charge on any atom is -0.493 e. The Labute approximate surface area is 133 Å². The van der Waals surface area contributed by atoms with E-state index in [1.54, 1.807) is 26.4 Å². The quantitative estimate of drug-likeness (QED) is 0.804. The largest absolute Gasteiger partial charge is 0.493 e. The topological polar surface area (TPSA) is 64.2 Å². The van der Waals surface area contributed by atoms with E-state index in [-0.39, 0.29) is 5.56 Å². The number of nitrogens with one attached hydrogen (secondary N) is 1. The molecule has 5 heteroatoms. The maximum atomic E-state index is 12.0. The Kier molecular flexibility index (Phi) is 4.10. The van der Waals surface area contributed by atoms with Crippen LogP contribution in [-0.2, 0) is 0 Å². The summed E-state index contributed by atoms with van der Waals surface area (Å²) in [7, 11) is 3.19. The molecule has 1 N–H and O–H groups in total. The van der Waals surface area contributed by atoms with Crippen molar-refractivity contribution < 1.29 is 9.47 Å². The van der Waals surface area contributed by atoms with Crippen LogP contribution in [0.1, 0.15) is 11.4 Å². The molecule has 3 aromatic rings. The van der Waals surface area contributed by atoms with Crippen LogP contribution < -0.4 is 15.0 Å². The summed E-state index contributed by atoms with van der Waals surface area (Å²) in [6, 6.07) is 12.8. The maximum Gasteiger partial charge on any atom is 0.259 e. The number of hydrogen-bond donors (Lipinski definition) is 1. The molecular formula is C18H16N2O3. The van der Waals surface area contributed by atoms with E-state index in [1.165, 1.54) is 0 Å². The molecular weight excluding hydrogens is 292 g/mol. The van der Waals surface area contributed by atoms with Crippen molar-refractivity contribution in [2.75, 3.05) is 14.2 Å². The van der Waals surface area contributed by atoms with Gasteiger partial charge < -0.3 is 14.5 Å². The van der Waals surface area contributed by atoms with E-state index >= 15 is 0 Å². The number of benzene rings is 2. The van der Waals surface area contributed by atoms with Gasteiger partial charge in [-0.3, -0.25) is 4.79 Å². The van der Waals surface area contributed by atoms with Crippen molar-refractivity contribution in [1.82, 2.24) is 9.97 Å². The Morgan fingerprint density at radius 3 is 2.57 bits per heavy atom. The lowest BCUT2D eigenvalue weighted by Gasteiger charge is -2.07. The first kappa shape index (κ1) is 14.8. The Morgan fingerprint density at radius 2 is 1.78 bits per heavy atom. The SMILES string of the molecule is COc1ccc(C=Cc2nc3ccccc3c(=O)[nH]2)cc1OC. The molecule has 1 aromatic heterocycles. The summed E-state index contributed by atoms with van der Waals surface area (Å²) < 4.78 is 10.5. The summed E-state index contributed by atoms with van der Waals surface area (Å²) >= 11 is 0. The summed E-state index contributed by atoms with van der Waals surface area (Å²) in [6.07, 6.45) is 3.62. The second-order valence-corrected chi connectivity index (χ2v) is 4.92. The molecule has 0 saturated carbocycles. The number of hydrogen-bond acceptors (Lipinski definition) is 4. The number of fused-ring (bicyclic) bond motifs is 1. The first-order valence-electron chi connectivity index (χ1n) is 7.10. The van der Waals surface area contributed by atoms with Gasteiger partial charge in [-0.05, 0) is 35.9 Å². The zero-order valence-electron chi connectivity index (χ0n) is 12.9. The van der Waals surface area contributed by atoms with Crippen LogP contribution >= 0.6 is 0 Å². The van der Waals surface area contributed by atoms with Gasteiger partial charge in [-0.1, -0.05) is 24.3 Å². The number of aromatic nitrogens is 2. The minimum absolute atomic E-state index is 0.150. The van der Waals surface area contributed by atoms with Gasteiger partial charge in [0.1, 0.15) is 5.82 Å². The number of H-pyrrole nitrogens is 1. The number of aromatic amines is 1. The average Bonchev–Trinajstić information content (AvgIpc) is 2.59. The molecule has 0 bridgehead atoms. The zero-order valence-corrected chi connectivity index (χ0v) is 12.9. The van der Waals surface area contributed by atoms with Crippen LogP contribution in [0, 0.1) is 0 Å². The summed E-state index contributed by atoms with van der Waals surface area (Å²) in [5.74, 6) is 1.82. The fraction of sp³-hybridized carbons (Fsp3) is 0.111. The highest BCUT2D eigenvalue weighted by Crippen LogP contribution is 2.28. The van der Waals surface area contributed by atoms with Gasteiger partial charge in [-0.15, -0.1) is 0 Å². The fourth-order valence-electron chi connectivity index (χ4n) is 2.32. The van der Waals surface area contributed by atoms with E-state index < -0.39 is 0 Å². The van der Waals surface area contributed by atoms with E-state index in [0.717, 1.165) is 5.56 Å². The van der Waals surface area contributed by atoms with Gasteiger partial charge in [0.25, 0.3) is 5.56 Å². The lowest BCUT2D eigenvalue weighted by molar-refractivity contribution is 0.355. The van der Waals surface area contributed by atoms with Gasteiger partial charge >= 0.3 is 0 Å². The van der Waals surface area contributed by atoms with Crippen molar-refractivity contribution in [2.24, 2.45) is 0 Å². The van der Waals surface area contributed by atoms with Crippen LogP contribution in [-0.4, -0.2) is 24.2 Å². The summed E-state index contributed by atoms with van der Waals surface area (Å²) in [4.78, 5) is 19.2. The van der Waals surface area contributed by atoms with Crippen LogP contribution in [0.5, 0.6) is 11.5 Å². The Balaban J connectivity index is 1.95. The first-order valence-corrected chi connectivity index (χ1v) is 7.10. The van der Waals surface area contributed by atoms with Crippen LogP contribution in [0.3, 0.4) is 0 Å². The monoisotopic (exact) mass is 308 g/mol. The molecule has 116 valence electrons. The van der Waals surface area contributed by atoms with Crippen molar-refractivity contribution in [2.45, 2.75) is 0 Å². The third-order valence-corrected chi connectivity index (χ3v) is 3.47. The van der Waals surface area contributed by atoms with Gasteiger partial charge in [-0.25, -0.2) is 4.98 Å². The van der Waals surface area contributed by atoms with Gasteiger partial charge in [0.05, 0.1) is 25.1 Å². The average molecular weight is 308 g/mol. The van der Waals surface area contributed by atoms with Gasteiger partial charge in [0, 0.05) is 0 Å². The van der Waals surface area contributed by atoms with Crippen LogP contribution in [0.25, 0.3) is 23.1 Å². The van der Waals surface area contributed by atoms with E-state index in [2.05, 4.69) is 9.97 Å². The fourth-order valence-corrected chi connectivity index (χ4v) is 2.32. The lowest BCUT2D eigenvalue weighted by Crippen LogP contribution is -2.09. The number of ether oxygens (including phenoxy) is 2. The third kappa shape index (κ3) is 3.08. The van der Waals surface area contributed by atoms with E-state index in [0.29, 0.717) is 28.2 Å². The van der Waals surface area contributed by atoms with E-state index in [9.17, 15) is 4.79 Å². The Hall–Kier alpha value is -3.08. The number of nitrogens with zero attached hydrogens (tertiary/aromatic N) is 1.